The van der Waals surface area contributed by atoms with Crippen LogP contribution in [-0.2, 0) is 0 Å². The Morgan fingerprint density at radius 3 is 2.87 bits per heavy atom. The van der Waals surface area contributed by atoms with Crippen LogP contribution in [0.4, 0.5) is 0 Å². The van der Waals surface area contributed by atoms with Gasteiger partial charge >= 0.3 is 0 Å². The van der Waals surface area contributed by atoms with Gasteiger partial charge in [-0.3, -0.25) is 0 Å². The van der Waals surface area contributed by atoms with Gasteiger partial charge in [0, 0.05) is 4.90 Å². The molecule has 0 aliphatic rings. The number of hydrogen-bond donors (Lipinski definition) is 0. The molecule has 0 bridgehead atoms. The molecular weight excluding hydrogens is 206 g/mol. The van der Waals surface area contributed by atoms with Gasteiger partial charge in [0.1, 0.15) is 17.4 Å². The minimum absolute atomic E-state index is 0.654. The van der Waals surface area contributed by atoms with Gasteiger partial charge in [-0.25, -0.2) is 0 Å². The normalized spacial score (nSPS) is 9.67. The number of ether oxygens (including phenoxy) is 1. The molecule has 2 nitrogen and oxygen atoms in total. The van der Waals surface area contributed by atoms with Crippen LogP contribution in [0, 0.1) is 11.3 Å². The van der Waals surface area contributed by atoms with Crippen molar-refractivity contribution in [3.05, 3.63) is 23.8 Å². The molecule has 0 aliphatic heterocycles. The molecule has 0 radical (unpaired) electrons. The van der Waals surface area contributed by atoms with E-state index in [1.807, 2.05) is 24.5 Å². The monoisotopic (exact) mass is 221 g/mol. The SMILES string of the molecule is CCCCOc1cccc(SC)c1C#N. The first-order valence-electron chi connectivity index (χ1n) is 5.03. The molecule has 0 aromatic heterocycles. The molecule has 1 aromatic carbocycles. The van der Waals surface area contributed by atoms with E-state index in [9.17, 15) is 0 Å². The van der Waals surface area contributed by atoms with Gasteiger partial charge in [-0.1, -0.05) is 19.4 Å². The van der Waals surface area contributed by atoms with Gasteiger partial charge in [0.05, 0.1) is 6.61 Å². The largest absolute Gasteiger partial charge is 0.492 e. The Labute approximate surface area is 95.3 Å². The summed E-state index contributed by atoms with van der Waals surface area (Å²) in [4.78, 5) is 0.978. The van der Waals surface area contributed by atoms with Crippen LogP contribution in [0.3, 0.4) is 0 Å². The van der Waals surface area contributed by atoms with Gasteiger partial charge in [0.2, 0.25) is 0 Å². The Morgan fingerprint density at radius 1 is 1.47 bits per heavy atom. The van der Waals surface area contributed by atoms with E-state index in [2.05, 4.69) is 13.0 Å². The van der Waals surface area contributed by atoms with Gasteiger partial charge in [0.25, 0.3) is 0 Å². The first-order chi connectivity index (χ1) is 7.33. The van der Waals surface area contributed by atoms with Gasteiger partial charge in [-0.2, -0.15) is 5.26 Å². The van der Waals surface area contributed by atoms with E-state index in [1.54, 1.807) is 11.8 Å². The molecule has 0 heterocycles. The molecule has 0 spiro atoms. The molecule has 1 rings (SSSR count). The molecule has 1 aromatic rings. The summed E-state index contributed by atoms with van der Waals surface area (Å²) < 4.78 is 5.58. The molecule has 0 atom stereocenters. The Balaban J connectivity index is 2.83. The van der Waals surface area contributed by atoms with E-state index in [-0.39, 0.29) is 0 Å². The van der Waals surface area contributed by atoms with E-state index in [1.165, 1.54) is 0 Å². The quantitative estimate of drug-likeness (QED) is 0.564. The Kier molecular flexibility index (Phi) is 5.06. The van der Waals surface area contributed by atoms with Crippen molar-refractivity contribution < 1.29 is 4.74 Å². The Morgan fingerprint density at radius 2 is 2.27 bits per heavy atom. The molecule has 0 saturated carbocycles. The van der Waals surface area contributed by atoms with Gasteiger partial charge in [-0.05, 0) is 24.8 Å². The van der Waals surface area contributed by atoms with E-state index in [4.69, 9.17) is 10.00 Å². The number of rotatable bonds is 5. The molecular formula is C12H15NOS. The molecule has 80 valence electrons. The lowest BCUT2D eigenvalue weighted by Crippen LogP contribution is -1.99. The molecule has 0 unspecified atom stereocenters. The first kappa shape index (κ1) is 11.9. The zero-order chi connectivity index (χ0) is 11.1. The highest BCUT2D eigenvalue weighted by Gasteiger charge is 2.07. The lowest BCUT2D eigenvalue weighted by molar-refractivity contribution is 0.308. The van der Waals surface area contributed by atoms with Crippen molar-refractivity contribution in [1.82, 2.24) is 0 Å². The summed E-state index contributed by atoms with van der Waals surface area (Å²) in [6.07, 6.45) is 4.09. The maximum Gasteiger partial charge on any atom is 0.138 e. The smallest absolute Gasteiger partial charge is 0.138 e. The van der Waals surface area contributed by atoms with Crippen LogP contribution >= 0.6 is 11.8 Å². The Hall–Kier alpha value is -1.14. The third kappa shape index (κ3) is 3.17. The van der Waals surface area contributed by atoms with E-state index >= 15 is 0 Å². The average Bonchev–Trinajstić information content (AvgIpc) is 2.29. The second-order valence-electron chi connectivity index (χ2n) is 3.15. The fourth-order valence-corrected chi connectivity index (χ4v) is 1.80. The van der Waals surface area contributed by atoms with Crippen LogP contribution in [0.1, 0.15) is 25.3 Å². The summed E-state index contributed by atoms with van der Waals surface area (Å²) in [6, 6.07) is 7.92. The van der Waals surface area contributed by atoms with Crippen molar-refractivity contribution in [1.29, 1.82) is 5.26 Å². The van der Waals surface area contributed by atoms with Crippen LogP contribution in [-0.4, -0.2) is 12.9 Å². The summed E-state index contributed by atoms with van der Waals surface area (Å²) in [5.74, 6) is 0.706. The van der Waals surface area contributed by atoms with Crippen LogP contribution in [0.2, 0.25) is 0 Å². The number of unbranched alkanes of at least 4 members (excludes halogenated alkanes) is 1. The molecule has 0 saturated heterocycles. The second kappa shape index (κ2) is 6.36. The number of nitrogens with zero attached hydrogens (tertiary/aromatic N) is 1. The van der Waals surface area contributed by atoms with Crippen LogP contribution in [0.25, 0.3) is 0 Å². The standard InChI is InChI=1S/C12H15NOS/c1-3-4-8-14-11-6-5-7-12(15-2)10(11)9-13/h5-7H,3-4,8H2,1-2H3. The predicted octanol–water partition coefficient (Wildman–Crippen LogP) is 3.46. The first-order valence-corrected chi connectivity index (χ1v) is 6.25. The lowest BCUT2D eigenvalue weighted by Gasteiger charge is -2.09. The van der Waals surface area contributed by atoms with Crippen molar-refractivity contribution >= 4 is 11.8 Å². The van der Waals surface area contributed by atoms with E-state index < -0.39 is 0 Å². The van der Waals surface area contributed by atoms with Gasteiger partial charge in [-0.15, -0.1) is 11.8 Å². The van der Waals surface area contributed by atoms with Crippen LogP contribution in [0.15, 0.2) is 23.1 Å². The van der Waals surface area contributed by atoms with Crippen molar-refractivity contribution in [3.63, 3.8) is 0 Å². The topological polar surface area (TPSA) is 33.0 Å². The molecule has 0 N–H and O–H groups in total. The summed E-state index contributed by atoms with van der Waals surface area (Å²) in [6.45, 7) is 2.80. The highest BCUT2D eigenvalue weighted by molar-refractivity contribution is 7.98. The third-order valence-corrected chi connectivity index (χ3v) is 2.86. The molecule has 0 amide bonds. The fraction of sp³-hybridized carbons (Fsp3) is 0.417. The average molecular weight is 221 g/mol. The van der Waals surface area contributed by atoms with Gasteiger partial charge < -0.3 is 4.74 Å². The predicted molar refractivity (Wildman–Crippen MR) is 63.3 cm³/mol. The minimum Gasteiger partial charge on any atom is -0.492 e. The van der Waals surface area contributed by atoms with Crippen molar-refractivity contribution in [2.75, 3.05) is 12.9 Å². The minimum atomic E-state index is 0.654. The summed E-state index contributed by atoms with van der Waals surface area (Å²) >= 11 is 1.57. The summed E-state index contributed by atoms with van der Waals surface area (Å²) in [5.41, 5.74) is 0.654. The zero-order valence-electron chi connectivity index (χ0n) is 9.12. The van der Waals surface area contributed by atoms with Gasteiger partial charge in [0.15, 0.2) is 0 Å². The van der Waals surface area contributed by atoms with Crippen molar-refractivity contribution in [2.24, 2.45) is 0 Å². The molecule has 0 aliphatic carbocycles. The third-order valence-electron chi connectivity index (χ3n) is 2.08. The fourth-order valence-electron chi connectivity index (χ4n) is 1.24. The van der Waals surface area contributed by atoms with Crippen molar-refractivity contribution in [3.8, 4) is 11.8 Å². The second-order valence-corrected chi connectivity index (χ2v) is 4.00. The van der Waals surface area contributed by atoms with Crippen LogP contribution in [0.5, 0.6) is 5.75 Å². The molecule has 3 heteroatoms. The summed E-state index contributed by atoms with van der Waals surface area (Å²) in [7, 11) is 0. The number of benzene rings is 1. The number of thioether (sulfide) groups is 1. The van der Waals surface area contributed by atoms with E-state index in [0.29, 0.717) is 17.9 Å². The zero-order valence-corrected chi connectivity index (χ0v) is 9.93. The lowest BCUT2D eigenvalue weighted by atomic mass is 10.2. The Bertz CT molecular complexity index is 357. The number of hydrogen-bond acceptors (Lipinski definition) is 3. The highest BCUT2D eigenvalue weighted by atomic mass is 32.2. The molecule has 0 fully saturated rings. The maximum absolute atomic E-state index is 9.04. The molecule has 15 heavy (non-hydrogen) atoms. The number of nitriles is 1. The van der Waals surface area contributed by atoms with Crippen molar-refractivity contribution in [2.45, 2.75) is 24.7 Å². The summed E-state index contributed by atoms with van der Waals surface area (Å²) in [5, 5.41) is 9.04. The van der Waals surface area contributed by atoms with Crippen LogP contribution < -0.4 is 4.74 Å². The maximum atomic E-state index is 9.04. The van der Waals surface area contributed by atoms with E-state index in [0.717, 1.165) is 17.7 Å². The highest BCUT2D eigenvalue weighted by Crippen LogP contribution is 2.27.